The molecule has 1 aromatic heterocycles. The summed E-state index contributed by atoms with van der Waals surface area (Å²) < 4.78 is 13.1. The second-order valence-electron chi connectivity index (χ2n) is 10.3. The molecule has 7 nitrogen and oxygen atoms in total. The third kappa shape index (κ3) is 20.9. The predicted octanol–water partition coefficient (Wildman–Crippen LogP) is 6.48. The predicted molar refractivity (Wildman–Crippen MR) is 154 cm³/mol. The van der Waals surface area contributed by atoms with E-state index in [4.69, 9.17) is 9.47 Å². The summed E-state index contributed by atoms with van der Waals surface area (Å²) in [4.78, 5) is 23.9. The average molecular weight is 535 g/mol. The molecule has 0 aliphatic heterocycles. The fourth-order valence-corrected chi connectivity index (χ4v) is 4.44. The van der Waals surface area contributed by atoms with Crippen molar-refractivity contribution in [3.05, 3.63) is 30.6 Å². The number of nitrogens with one attached hydrogen (secondary N) is 2. The number of carbonyl (C=O) groups excluding carboxylic acids is 2. The lowest BCUT2D eigenvalue weighted by Gasteiger charge is -2.18. The minimum absolute atomic E-state index is 0.0790. The van der Waals surface area contributed by atoms with E-state index >= 15 is 0 Å². The van der Waals surface area contributed by atoms with Crippen molar-refractivity contribution >= 4 is 12.0 Å². The lowest BCUT2D eigenvalue weighted by molar-refractivity contribution is -0.695. The van der Waals surface area contributed by atoms with Crippen molar-refractivity contribution < 1.29 is 23.6 Å². The van der Waals surface area contributed by atoms with Crippen molar-refractivity contribution in [3.63, 3.8) is 0 Å². The van der Waals surface area contributed by atoms with Crippen LogP contribution in [0.25, 0.3) is 0 Å². The summed E-state index contributed by atoms with van der Waals surface area (Å²) in [5, 5.41) is 5.31. The Morgan fingerprint density at radius 3 is 1.82 bits per heavy atom. The van der Waals surface area contributed by atoms with Crippen LogP contribution >= 0.6 is 0 Å². The maximum Gasteiger partial charge on any atom is 0.407 e. The molecule has 0 aliphatic carbocycles. The van der Waals surface area contributed by atoms with Crippen LogP contribution in [0.2, 0.25) is 0 Å². The highest BCUT2D eigenvalue weighted by molar-refractivity contribution is 5.75. The second kappa shape index (κ2) is 25.1. The van der Waals surface area contributed by atoms with Gasteiger partial charge in [-0.1, -0.05) is 109 Å². The molecule has 1 heterocycles. The number of nitrogens with zero attached hydrogens (tertiary/aromatic N) is 1. The van der Waals surface area contributed by atoms with E-state index in [1.807, 2.05) is 35.2 Å². The first-order chi connectivity index (χ1) is 18.7. The Balaban J connectivity index is 1.99. The van der Waals surface area contributed by atoms with Crippen LogP contribution in [0.3, 0.4) is 0 Å². The van der Waals surface area contributed by atoms with Gasteiger partial charge in [0.15, 0.2) is 18.9 Å². The first-order valence-corrected chi connectivity index (χ1v) is 15.3. The number of amides is 2. The number of aryl methyl sites for hydroxylation is 1. The van der Waals surface area contributed by atoms with Gasteiger partial charge in [-0.3, -0.25) is 4.79 Å². The molecule has 1 rings (SSSR count). The molecule has 38 heavy (non-hydrogen) atoms. The largest absolute Gasteiger partial charge is 0.442 e. The molecule has 0 bridgehead atoms. The topological polar surface area (TPSA) is 80.5 Å². The van der Waals surface area contributed by atoms with Gasteiger partial charge in [-0.2, -0.15) is 0 Å². The molecule has 0 saturated carbocycles. The Hall–Kier alpha value is -2.15. The molecule has 0 aliphatic rings. The summed E-state index contributed by atoms with van der Waals surface area (Å²) in [6.07, 6.45) is 24.6. The zero-order valence-corrected chi connectivity index (χ0v) is 24.4. The van der Waals surface area contributed by atoms with Gasteiger partial charge in [0.25, 0.3) is 0 Å². The monoisotopic (exact) mass is 534 g/mol. The van der Waals surface area contributed by atoms with Gasteiger partial charge in [0, 0.05) is 25.8 Å². The number of pyridine rings is 1. The van der Waals surface area contributed by atoms with Crippen LogP contribution < -0.4 is 15.2 Å². The number of rotatable bonds is 25. The van der Waals surface area contributed by atoms with Gasteiger partial charge in [0.2, 0.25) is 5.91 Å². The second-order valence-corrected chi connectivity index (χ2v) is 10.3. The SMILES string of the molecule is CCCCCCCCCCCCCCCCCCOC[C@H](CNC(=O)CC[n+]1ccccc1)OC(=O)NC. The number of hydrogen-bond acceptors (Lipinski definition) is 4. The van der Waals surface area contributed by atoms with Crippen LogP contribution in [0.4, 0.5) is 4.79 Å². The molecule has 218 valence electrons. The fourth-order valence-electron chi connectivity index (χ4n) is 4.44. The maximum absolute atomic E-state index is 12.2. The van der Waals surface area contributed by atoms with E-state index in [-0.39, 0.29) is 19.1 Å². The highest BCUT2D eigenvalue weighted by Crippen LogP contribution is 2.13. The summed E-state index contributed by atoms with van der Waals surface area (Å²) in [6.45, 7) is 4.04. The molecule has 2 N–H and O–H groups in total. The molecule has 0 unspecified atom stereocenters. The first-order valence-electron chi connectivity index (χ1n) is 15.3. The maximum atomic E-state index is 12.2. The third-order valence-corrected chi connectivity index (χ3v) is 6.83. The van der Waals surface area contributed by atoms with Crippen LogP contribution in [-0.2, 0) is 20.8 Å². The molecule has 0 fully saturated rings. The Labute approximate surface area is 232 Å². The molecule has 0 saturated heterocycles. The molecule has 2 amide bonds. The third-order valence-electron chi connectivity index (χ3n) is 6.83. The van der Waals surface area contributed by atoms with Gasteiger partial charge in [-0.15, -0.1) is 0 Å². The summed E-state index contributed by atoms with van der Waals surface area (Å²) in [5.74, 6) is -0.0790. The quantitative estimate of drug-likeness (QED) is 0.111. The standard InChI is InChI=1S/C31H55N3O4/c1-3-4-5-6-7-8-9-10-11-12-13-14-15-16-17-21-26-37-28-29(38-31(36)32-2)27-33-30(35)22-25-34-23-19-18-20-24-34/h18-20,23-24,29H,3-17,21-22,25-28H2,1-2H3,(H-,32,33,35,36)/p+1/t29-/m0/s1. The molecule has 0 aromatic carbocycles. The van der Waals surface area contributed by atoms with Crippen LogP contribution in [0.15, 0.2) is 30.6 Å². The highest BCUT2D eigenvalue weighted by Gasteiger charge is 2.16. The van der Waals surface area contributed by atoms with E-state index in [1.165, 1.54) is 96.9 Å². The Kier molecular flexibility index (Phi) is 22.4. The number of hydrogen-bond donors (Lipinski definition) is 2. The Morgan fingerprint density at radius 2 is 1.29 bits per heavy atom. The van der Waals surface area contributed by atoms with Gasteiger partial charge >= 0.3 is 6.09 Å². The van der Waals surface area contributed by atoms with Crippen LogP contribution in [0.1, 0.15) is 116 Å². The van der Waals surface area contributed by atoms with Crippen molar-refractivity contribution in [3.8, 4) is 0 Å². The van der Waals surface area contributed by atoms with Crippen molar-refractivity contribution in [2.45, 2.75) is 129 Å². The zero-order chi connectivity index (χ0) is 27.5. The summed E-state index contributed by atoms with van der Waals surface area (Å²) in [5.41, 5.74) is 0. The molecular weight excluding hydrogens is 478 g/mol. The molecule has 0 radical (unpaired) electrons. The summed E-state index contributed by atoms with van der Waals surface area (Å²) >= 11 is 0. The van der Waals surface area contributed by atoms with Gasteiger partial charge in [-0.05, 0) is 6.42 Å². The molecule has 0 spiro atoms. The van der Waals surface area contributed by atoms with Crippen LogP contribution in [-0.4, -0.2) is 44.9 Å². The van der Waals surface area contributed by atoms with Crippen LogP contribution in [0.5, 0.6) is 0 Å². The summed E-state index contributed by atoms with van der Waals surface area (Å²) in [6, 6.07) is 5.81. The number of ether oxygens (including phenoxy) is 2. The molecule has 7 heteroatoms. The molecular formula is C31H56N3O4+. The number of carbonyl (C=O) groups is 2. The minimum Gasteiger partial charge on any atom is -0.442 e. The van der Waals surface area contributed by atoms with E-state index in [2.05, 4.69) is 17.6 Å². The van der Waals surface area contributed by atoms with Crippen LogP contribution in [0, 0.1) is 0 Å². The van der Waals surface area contributed by atoms with Crippen molar-refractivity contribution in [1.82, 2.24) is 10.6 Å². The fraction of sp³-hybridized carbons (Fsp3) is 0.774. The first kappa shape index (κ1) is 33.9. The normalized spacial score (nSPS) is 11.7. The molecule has 1 atom stereocenters. The zero-order valence-electron chi connectivity index (χ0n) is 24.4. The van der Waals surface area contributed by atoms with E-state index < -0.39 is 12.2 Å². The minimum atomic E-state index is -0.518. The van der Waals surface area contributed by atoms with Crippen molar-refractivity contribution in [1.29, 1.82) is 0 Å². The van der Waals surface area contributed by atoms with Crippen molar-refractivity contribution in [2.75, 3.05) is 26.8 Å². The van der Waals surface area contributed by atoms with E-state index in [0.717, 1.165) is 12.8 Å². The summed E-state index contributed by atoms with van der Waals surface area (Å²) in [7, 11) is 1.52. The smallest absolute Gasteiger partial charge is 0.407 e. The van der Waals surface area contributed by atoms with E-state index in [0.29, 0.717) is 19.6 Å². The number of alkyl carbamates (subject to hydrolysis) is 1. The van der Waals surface area contributed by atoms with E-state index in [9.17, 15) is 9.59 Å². The Morgan fingerprint density at radius 1 is 0.763 bits per heavy atom. The average Bonchev–Trinajstić information content (AvgIpc) is 2.94. The van der Waals surface area contributed by atoms with E-state index in [1.54, 1.807) is 0 Å². The van der Waals surface area contributed by atoms with Gasteiger partial charge in [0.1, 0.15) is 6.10 Å². The van der Waals surface area contributed by atoms with Gasteiger partial charge in [-0.25, -0.2) is 9.36 Å². The lowest BCUT2D eigenvalue weighted by Crippen LogP contribution is -2.41. The lowest BCUT2D eigenvalue weighted by atomic mass is 10.0. The number of unbranched alkanes of at least 4 members (excludes halogenated alkanes) is 15. The molecule has 1 aromatic rings. The highest BCUT2D eigenvalue weighted by atomic mass is 16.6. The van der Waals surface area contributed by atoms with Gasteiger partial charge < -0.3 is 20.1 Å². The number of aromatic nitrogens is 1. The van der Waals surface area contributed by atoms with Gasteiger partial charge in [0.05, 0.1) is 19.6 Å². The Bertz CT molecular complexity index is 687. The van der Waals surface area contributed by atoms with Crippen molar-refractivity contribution in [2.24, 2.45) is 0 Å².